The molecule has 196 valence electrons. The van der Waals surface area contributed by atoms with Gasteiger partial charge in [-0.1, -0.05) is 37.9 Å². The fourth-order valence-electron chi connectivity index (χ4n) is 3.34. The lowest BCUT2D eigenvalue weighted by molar-refractivity contribution is -0.132. The number of ether oxygens (including phenoxy) is 4. The van der Waals surface area contributed by atoms with E-state index in [9.17, 15) is 4.79 Å². The van der Waals surface area contributed by atoms with Crippen LogP contribution in [0.25, 0.3) is 10.9 Å². The van der Waals surface area contributed by atoms with Gasteiger partial charge < -0.3 is 24.3 Å². The highest BCUT2D eigenvalue weighted by Gasteiger charge is 2.16. The van der Waals surface area contributed by atoms with Gasteiger partial charge in [-0.3, -0.25) is 9.69 Å². The van der Waals surface area contributed by atoms with Crippen LogP contribution in [0, 0.1) is 0 Å². The van der Waals surface area contributed by atoms with Crippen molar-refractivity contribution in [3.63, 3.8) is 0 Å². The van der Waals surface area contributed by atoms with Gasteiger partial charge in [-0.05, 0) is 30.8 Å². The molecule has 1 heterocycles. The van der Waals surface area contributed by atoms with Crippen molar-refractivity contribution >= 4 is 40.0 Å². The molecule has 36 heavy (non-hydrogen) atoms. The first kappa shape index (κ1) is 29.3. The van der Waals surface area contributed by atoms with Crippen molar-refractivity contribution < 1.29 is 23.7 Å². The Morgan fingerprint density at radius 2 is 1.78 bits per heavy atom. The minimum Gasteiger partial charge on any atom is -0.493 e. The minimum absolute atomic E-state index is 0.284. The molecule has 1 N–H and O–H groups in total. The molecule has 2 aromatic carbocycles. The fraction of sp³-hybridized carbons (Fsp3) is 0.423. The molecule has 0 saturated heterocycles. The Bertz CT molecular complexity index is 1140. The maximum atomic E-state index is 11.5. The van der Waals surface area contributed by atoms with Crippen LogP contribution >= 0.6 is 11.6 Å². The van der Waals surface area contributed by atoms with E-state index in [0.717, 1.165) is 11.3 Å². The predicted molar refractivity (Wildman–Crippen MR) is 142 cm³/mol. The van der Waals surface area contributed by atoms with Crippen LogP contribution in [0.4, 0.5) is 11.5 Å². The SMILES string of the molecule is CCC.COc1cc2ncnc(Nc3cc(Cl)ccc3CN(C)CC(OC)OC)c2cc1OC(C)=O. The Kier molecular flexibility index (Phi) is 11.8. The number of hydrogen-bond acceptors (Lipinski definition) is 9. The highest BCUT2D eigenvalue weighted by Crippen LogP contribution is 2.35. The smallest absolute Gasteiger partial charge is 0.308 e. The monoisotopic (exact) mass is 518 g/mol. The zero-order valence-corrected chi connectivity index (χ0v) is 22.7. The Morgan fingerprint density at radius 1 is 1.08 bits per heavy atom. The molecule has 0 amide bonds. The second-order valence-electron chi connectivity index (χ2n) is 8.07. The average molecular weight is 519 g/mol. The highest BCUT2D eigenvalue weighted by molar-refractivity contribution is 6.30. The van der Waals surface area contributed by atoms with Crippen molar-refractivity contribution in [1.82, 2.24) is 14.9 Å². The summed E-state index contributed by atoms with van der Waals surface area (Å²) in [6.45, 7) is 6.77. The Hall–Kier alpha value is -2.98. The van der Waals surface area contributed by atoms with Crippen molar-refractivity contribution in [3.05, 3.63) is 47.2 Å². The maximum Gasteiger partial charge on any atom is 0.308 e. The van der Waals surface area contributed by atoms with E-state index in [1.807, 2.05) is 25.2 Å². The number of anilines is 2. The van der Waals surface area contributed by atoms with E-state index >= 15 is 0 Å². The van der Waals surface area contributed by atoms with Gasteiger partial charge >= 0.3 is 5.97 Å². The van der Waals surface area contributed by atoms with Gasteiger partial charge in [-0.15, -0.1) is 0 Å². The summed E-state index contributed by atoms with van der Waals surface area (Å²) in [6, 6.07) is 8.99. The largest absolute Gasteiger partial charge is 0.493 e. The van der Waals surface area contributed by atoms with Gasteiger partial charge in [0.05, 0.1) is 12.6 Å². The van der Waals surface area contributed by atoms with Crippen LogP contribution < -0.4 is 14.8 Å². The molecular weight excluding hydrogens is 484 g/mol. The topological polar surface area (TPSA) is 95.0 Å². The van der Waals surface area contributed by atoms with Gasteiger partial charge in [0.2, 0.25) is 0 Å². The van der Waals surface area contributed by atoms with Crippen LogP contribution in [0.1, 0.15) is 32.8 Å². The number of carbonyl (C=O) groups is 1. The number of likely N-dealkylation sites (N-methyl/N-ethyl adjacent to an activating group) is 1. The summed E-state index contributed by atoms with van der Waals surface area (Å²) in [5.41, 5.74) is 2.41. The van der Waals surface area contributed by atoms with E-state index in [0.29, 0.717) is 40.6 Å². The van der Waals surface area contributed by atoms with Crippen LogP contribution in [0.2, 0.25) is 5.02 Å². The summed E-state index contributed by atoms with van der Waals surface area (Å²) in [5.74, 6) is 0.767. The molecule has 0 fully saturated rings. The van der Waals surface area contributed by atoms with E-state index < -0.39 is 5.97 Å². The zero-order valence-electron chi connectivity index (χ0n) is 21.9. The lowest BCUT2D eigenvalue weighted by Crippen LogP contribution is -2.31. The molecule has 0 bridgehead atoms. The van der Waals surface area contributed by atoms with E-state index in [-0.39, 0.29) is 12.0 Å². The van der Waals surface area contributed by atoms with E-state index in [2.05, 4.69) is 34.0 Å². The van der Waals surface area contributed by atoms with E-state index in [1.54, 1.807) is 26.4 Å². The van der Waals surface area contributed by atoms with Crippen molar-refractivity contribution in [2.75, 3.05) is 40.2 Å². The average Bonchev–Trinajstić information content (AvgIpc) is 2.84. The van der Waals surface area contributed by atoms with Crippen LogP contribution in [-0.4, -0.2) is 62.0 Å². The molecule has 3 aromatic rings. The van der Waals surface area contributed by atoms with Gasteiger partial charge in [-0.25, -0.2) is 9.97 Å². The molecule has 0 spiro atoms. The Balaban J connectivity index is 0.00000145. The second kappa shape index (κ2) is 14.5. The van der Waals surface area contributed by atoms with E-state index in [4.69, 9.17) is 30.5 Å². The number of rotatable bonds is 10. The minimum atomic E-state index is -0.454. The van der Waals surface area contributed by atoms with Gasteiger partial charge in [0.25, 0.3) is 0 Å². The summed E-state index contributed by atoms with van der Waals surface area (Å²) in [6.07, 6.45) is 2.37. The van der Waals surface area contributed by atoms with Gasteiger partial charge in [-0.2, -0.15) is 0 Å². The molecule has 0 saturated carbocycles. The molecule has 3 rings (SSSR count). The summed E-state index contributed by atoms with van der Waals surface area (Å²) in [7, 11) is 6.69. The van der Waals surface area contributed by atoms with Crippen molar-refractivity contribution in [1.29, 1.82) is 0 Å². The van der Waals surface area contributed by atoms with Gasteiger partial charge in [0.1, 0.15) is 12.1 Å². The number of aromatic nitrogens is 2. The number of fused-ring (bicyclic) bond motifs is 1. The highest BCUT2D eigenvalue weighted by atomic mass is 35.5. The third kappa shape index (κ3) is 8.30. The maximum absolute atomic E-state index is 11.5. The number of methoxy groups -OCH3 is 3. The number of nitrogens with one attached hydrogen (secondary N) is 1. The van der Waals surface area contributed by atoms with Crippen molar-refractivity contribution in [2.45, 2.75) is 40.0 Å². The summed E-state index contributed by atoms with van der Waals surface area (Å²) < 4.78 is 21.2. The van der Waals surface area contributed by atoms with Gasteiger partial charge in [0.15, 0.2) is 17.8 Å². The standard InChI is InChI=1S/C23H27ClN4O5.C3H8/c1-14(29)33-21-9-17-19(10-20(21)30-3)25-13-26-23(17)27-18-8-16(24)7-6-15(18)11-28(2)12-22(31-4)32-5;1-3-2/h6-10,13,22H,11-12H2,1-5H3,(H,25,26,27);3H2,1-2H3. The third-order valence-corrected chi connectivity index (χ3v) is 5.16. The number of nitrogens with zero attached hydrogens (tertiary/aromatic N) is 3. The molecule has 0 aliphatic carbocycles. The summed E-state index contributed by atoms with van der Waals surface area (Å²) in [4.78, 5) is 22.3. The molecule has 9 nitrogen and oxygen atoms in total. The van der Waals surface area contributed by atoms with Crippen LogP contribution in [0.3, 0.4) is 0 Å². The van der Waals surface area contributed by atoms with Crippen LogP contribution in [0.5, 0.6) is 11.5 Å². The third-order valence-electron chi connectivity index (χ3n) is 4.93. The molecule has 0 radical (unpaired) electrons. The van der Waals surface area contributed by atoms with Crippen molar-refractivity contribution in [2.24, 2.45) is 0 Å². The molecular formula is C26H35ClN4O5. The van der Waals surface area contributed by atoms with Crippen LogP contribution in [0.15, 0.2) is 36.7 Å². The summed E-state index contributed by atoms with van der Waals surface area (Å²) in [5, 5.41) is 4.59. The Labute approximate surface area is 217 Å². The number of halogens is 1. The number of benzene rings is 2. The second-order valence-corrected chi connectivity index (χ2v) is 8.50. The zero-order chi connectivity index (χ0) is 26.7. The molecule has 0 unspecified atom stereocenters. The van der Waals surface area contributed by atoms with E-state index in [1.165, 1.54) is 26.8 Å². The van der Waals surface area contributed by atoms with Gasteiger partial charge in [0, 0.05) is 56.4 Å². The molecule has 0 aliphatic heterocycles. The molecule has 0 atom stereocenters. The molecule has 1 aromatic heterocycles. The number of esters is 1. The normalized spacial score (nSPS) is 10.8. The lowest BCUT2D eigenvalue weighted by Gasteiger charge is -2.23. The fourth-order valence-corrected chi connectivity index (χ4v) is 3.52. The quantitative estimate of drug-likeness (QED) is 0.214. The predicted octanol–water partition coefficient (Wildman–Crippen LogP) is 5.43. The molecule has 0 aliphatic rings. The Morgan fingerprint density at radius 3 is 2.39 bits per heavy atom. The van der Waals surface area contributed by atoms with Crippen LogP contribution in [-0.2, 0) is 20.8 Å². The number of carbonyl (C=O) groups excluding carboxylic acids is 1. The van der Waals surface area contributed by atoms with Crippen molar-refractivity contribution in [3.8, 4) is 11.5 Å². The molecule has 10 heteroatoms. The first-order valence-electron chi connectivity index (χ1n) is 11.6. The lowest BCUT2D eigenvalue weighted by atomic mass is 10.1. The first-order valence-corrected chi connectivity index (χ1v) is 11.9. The first-order chi connectivity index (χ1) is 17.3. The summed E-state index contributed by atoms with van der Waals surface area (Å²) >= 11 is 6.29. The number of hydrogen-bond donors (Lipinski definition) is 1.